The summed E-state index contributed by atoms with van der Waals surface area (Å²) in [4.78, 5) is 29.9. The third-order valence-electron chi connectivity index (χ3n) is 4.89. The highest BCUT2D eigenvalue weighted by atomic mass is 16.5. The summed E-state index contributed by atoms with van der Waals surface area (Å²) in [5.41, 5.74) is 8.33. The van der Waals surface area contributed by atoms with Crippen LogP contribution in [0.5, 0.6) is 5.75 Å². The van der Waals surface area contributed by atoms with Gasteiger partial charge in [-0.05, 0) is 24.3 Å². The second-order valence-corrected chi connectivity index (χ2v) is 6.99. The minimum absolute atomic E-state index is 0.0347. The fourth-order valence-corrected chi connectivity index (χ4v) is 3.32. The maximum absolute atomic E-state index is 12.9. The van der Waals surface area contributed by atoms with Gasteiger partial charge in [0.05, 0.1) is 36.1 Å². The van der Waals surface area contributed by atoms with Crippen molar-refractivity contribution in [3.8, 4) is 17.0 Å². The van der Waals surface area contributed by atoms with E-state index in [1.165, 1.54) is 0 Å². The average Bonchev–Trinajstić information content (AvgIpc) is 2.86. The molecule has 0 saturated carbocycles. The number of carbonyl (C=O) groups excluding carboxylic acids is 2. The van der Waals surface area contributed by atoms with Gasteiger partial charge in [-0.3, -0.25) is 20.4 Å². The molecular weight excluding hydrogens is 404 g/mol. The number of anilines is 1. The van der Waals surface area contributed by atoms with E-state index in [0.717, 1.165) is 5.56 Å². The van der Waals surface area contributed by atoms with Crippen molar-refractivity contribution in [1.82, 2.24) is 15.8 Å². The third-order valence-corrected chi connectivity index (χ3v) is 4.89. The Balaban J connectivity index is 1.48. The summed E-state index contributed by atoms with van der Waals surface area (Å²) in [6, 6.07) is 26.0. The van der Waals surface area contributed by atoms with E-state index in [4.69, 9.17) is 4.74 Å². The smallest absolute Gasteiger partial charge is 0.270 e. The molecule has 4 aromatic rings. The van der Waals surface area contributed by atoms with Crippen molar-refractivity contribution in [3.05, 3.63) is 90.5 Å². The number of benzene rings is 3. The molecule has 0 aliphatic carbocycles. The van der Waals surface area contributed by atoms with Gasteiger partial charge in [-0.2, -0.15) is 0 Å². The Bertz CT molecular complexity index is 1260. The molecule has 0 bridgehead atoms. The minimum atomic E-state index is -0.425. The summed E-state index contributed by atoms with van der Waals surface area (Å²) in [6.45, 7) is -0.0347. The van der Waals surface area contributed by atoms with Gasteiger partial charge in [-0.15, -0.1) is 0 Å². The van der Waals surface area contributed by atoms with Gasteiger partial charge in [0.15, 0.2) is 0 Å². The van der Waals surface area contributed by atoms with Gasteiger partial charge in [0, 0.05) is 10.9 Å². The minimum Gasteiger partial charge on any atom is -0.495 e. The monoisotopic (exact) mass is 426 g/mol. The Labute approximate surface area is 185 Å². The highest BCUT2D eigenvalue weighted by Crippen LogP contribution is 2.25. The Morgan fingerprint density at radius 3 is 2.41 bits per heavy atom. The van der Waals surface area contributed by atoms with E-state index in [1.54, 1.807) is 25.3 Å². The summed E-state index contributed by atoms with van der Waals surface area (Å²) in [7, 11) is 1.56. The van der Waals surface area contributed by atoms with Crippen molar-refractivity contribution in [2.24, 2.45) is 0 Å². The van der Waals surface area contributed by atoms with Crippen LogP contribution in [-0.4, -0.2) is 30.5 Å². The molecule has 0 aliphatic rings. The van der Waals surface area contributed by atoms with Crippen LogP contribution in [0.2, 0.25) is 0 Å². The van der Waals surface area contributed by atoms with Crippen molar-refractivity contribution in [1.29, 1.82) is 0 Å². The maximum atomic E-state index is 12.9. The number of hydrazine groups is 1. The first kappa shape index (κ1) is 20.9. The van der Waals surface area contributed by atoms with E-state index in [1.807, 2.05) is 66.7 Å². The van der Waals surface area contributed by atoms with Crippen LogP contribution in [0.25, 0.3) is 22.2 Å². The first-order chi connectivity index (χ1) is 15.7. The molecule has 160 valence electrons. The van der Waals surface area contributed by atoms with E-state index < -0.39 is 11.8 Å². The molecule has 0 atom stereocenters. The molecule has 1 heterocycles. The van der Waals surface area contributed by atoms with E-state index in [2.05, 4.69) is 21.2 Å². The number of para-hydroxylation sites is 3. The molecule has 1 aromatic heterocycles. The topological polar surface area (TPSA) is 92.4 Å². The number of ether oxygens (including phenoxy) is 1. The number of methoxy groups -OCH3 is 1. The summed E-state index contributed by atoms with van der Waals surface area (Å²) >= 11 is 0. The molecule has 0 saturated heterocycles. The summed E-state index contributed by atoms with van der Waals surface area (Å²) in [5, 5.41) is 3.69. The number of nitrogens with zero attached hydrogens (tertiary/aromatic N) is 1. The summed E-state index contributed by atoms with van der Waals surface area (Å²) in [6.07, 6.45) is 0. The lowest BCUT2D eigenvalue weighted by Gasteiger charge is -2.13. The van der Waals surface area contributed by atoms with Crippen molar-refractivity contribution >= 4 is 28.4 Å². The van der Waals surface area contributed by atoms with Gasteiger partial charge in [-0.1, -0.05) is 60.7 Å². The first-order valence-corrected chi connectivity index (χ1v) is 10.1. The highest BCUT2D eigenvalue weighted by molar-refractivity contribution is 6.07. The van der Waals surface area contributed by atoms with Gasteiger partial charge in [0.2, 0.25) is 0 Å². The van der Waals surface area contributed by atoms with Crippen LogP contribution in [-0.2, 0) is 4.79 Å². The fourth-order valence-electron chi connectivity index (χ4n) is 3.32. The van der Waals surface area contributed by atoms with Crippen LogP contribution < -0.4 is 20.9 Å². The largest absolute Gasteiger partial charge is 0.495 e. The standard InChI is InChI=1S/C25H22N4O3/c1-32-23-14-8-7-13-21(23)26-16-24(30)28-29-25(31)19-15-22(17-9-3-2-4-10-17)27-20-12-6-5-11-18(19)20/h2-15,26H,16H2,1H3,(H,28,30)(H,29,31). The number of fused-ring (bicyclic) bond motifs is 1. The number of nitrogens with one attached hydrogen (secondary N) is 3. The molecular formula is C25H22N4O3. The normalized spacial score (nSPS) is 10.4. The Morgan fingerprint density at radius 1 is 0.875 bits per heavy atom. The number of hydrogen-bond donors (Lipinski definition) is 3. The SMILES string of the molecule is COc1ccccc1NCC(=O)NNC(=O)c1cc(-c2ccccc2)nc2ccccc12. The van der Waals surface area contributed by atoms with Crippen molar-refractivity contribution < 1.29 is 14.3 Å². The van der Waals surface area contributed by atoms with E-state index in [-0.39, 0.29) is 6.54 Å². The quantitative estimate of drug-likeness (QED) is 0.408. The van der Waals surface area contributed by atoms with Crippen LogP contribution in [0.1, 0.15) is 10.4 Å². The molecule has 7 nitrogen and oxygen atoms in total. The first-order valence-electron chi connectivity index (χ1n) is 10.1. The number of carbonyl (C=O) groups is 2. The lowest BCUT2D eigenvalue weighted by atomic mass is 10.0. The lowest BCUT2D eigenvalue weighted by molar-refractivity contribution is -0.120. The van der Waals surface area contributed by atoms with Gasteiger partial charge in [0.1, 0.15) is 5.75 Å². The average molecular weight is 426 g/mol. The lowest BCUT2D eigenvalue weighted by Crippen LogP contribution is -2.44. The number of pyridine rings is 1. The predicted octanol–water partition coefficient (Wildman–Crippen LogP) is 3.78. The second kappa shape index (κ2) is 9.61. The number of rotatable bonds is 6. The summed E-state index contributed by atoms with van der Waals surface area (Å²) < 4.78 is 5.25. The molecule has 3 aromatic carbocycles. The Kier molecular flexibility index (Phi) is 6.27. The molecule has 0 spiro atoms. The zero-order chi connectivity index (χ0) is 22.3. The molecule has 7 heteroatoms. The maximum Gasteiger partial charge on any atom is 0.270 e. The zero-order valence-corrected chi connectivity index (χ0v) is 17.5. The van der Waals surface area contributed by atoms with Crippen molar-refractivity contribution in [2.75, 3.05) is 19.0 Å². The molecule has 0 unspecified atom stereocenters. The van der Waals surface area contributed by atoms with E-state index in [9.17, 15) is 9.59 Å². The number of aromatic nitrogens is 1. The van der Waals surface area contributed by atoms with Crippen LogP contribution in [0.3, 0.4) is 0 Å². The van der Waals surface area contributed by atoms with Gasteiger partial charge >= 0.3 is 0 Å². The van der Waals surface area contributed by atoms with Gasteiger partial charge in [-0.25, -0.2) is 4.98 Å². The zero-order valence-electron chi connectivity index (χ0n) is 17.5. The predicted molar refractivity (Wildman–Crippen MR) is 124 cm³/mol. The van der Waals surface area contributed by atoms with Gasteiger partial charge < -0.3 is 10.1 Å². The number of hydrogen-bond acceptors (Lipinski definition) is 5. The molecule has 0 fully saturated rings. The third kappa shape index (κ3) is 4.67. The fraction of sp³-hybridized carbons (Fsp3) is 0.0800. The number of amides is 2. The van der Waals surface area contributed by atoms with Crippen LogP contribution in [0, 0.1) is 0 Å². The molecule has 0 aliphatic heterocycles. The van der Waals surface area contributed by atoms with E-state index >= 15 is 0 Å². The van der Waals surface area contributed by atoms with Gasteiger partial charge in [0.25, 0.3) is 11.8 Å². The van der Waals surface area contributed by atoms with Crippen molar-refractivity contribution in [2.45, 2.75) is 0 Å². The van der Waals surface area contributed by atoms with E-state index in [0.29, 0.717) is 33.6 Å². The van der Waals surface area contributed by atoms with Crippen LogP contribution in [0.4, 0.5) is 5.69 Å². The molecule has 3 N–H and O–H groups in total. The Morgan fingerprint density at radius 2 is 1.59 bits per heavy atom. The van der Waals surface area contributed by atoms with Crippen LogP contribution in [0.15, 0.2) is 84.9 Å². The molecule has 32 heavy (non-hydrogen) atoms. The highest BCUT2D eigenvalue weighted by Gasteiger charge is 2.15. The second-order valence-electron chi connectivity index (χ2n) is 6.99. The Hall–Kier alpha value is -4.39. The van der Waals surface area contributed by atoms with Crippen LogP contribution >= 0.6 is 0 Å². The molecule has 2 amide bonds. The summed E-state index contributed by atoms with van der Waals surface area (Å²) in [5.74, 6) is -0.196. The van der Waals surface area contributed by atoms with Crippen molar-refractivity contribution in [3.63, 3.8) is 0 Å². The molecule has 0 radical (unpaired) electrons. The molecule has 4 rings (SSSR count).